The zero-order valence-corrected chi connectivity index (χ0v) is 18.2. The van der Waals surface area contributed by atoms with E-state index in [1.165, 1.54) is 19.1 Å². The molecule has 0 unspecified atom stereocenters. The molecule has 0 N–H and O–H groups in total. The topological polar surface area (TPSA) is 40.6 Å². The standard InChI is InChI=1S/C26H23F3N2O2/c1-17-16-24(31(18(2)32)21-8-4-3-5-9-21)22-10-6-7-11-23(22)30(17)25(33)19-12-14-20(15-13-19)26(27,28)29/h3-15,17,24H,16H2,1-2H3/t17-,24+/m0/s1. The van der Waals surface area contributed by atoms with Gasteiger partial charge in [-0.1, -0.05) is 36.4 Å². The Balaban J connectivity index is 1.73. The summed E-state index contributed by atoms with van der Waals surface area (Å²) in [5.41, 5.74) is 1.60. The molecule has 2 atom stereocenters. The molecule has 0 saturated heterocycles. The molecule has 3 aromatic rings. The first-order valence-corrected chi connectivity index (χ1v) is 10.6. The quantitative estimate of drug-likeness (QED) is 0.472. The molecule has 0 radical (unpaired) electrons. The SMILES string of the molecule is CC(=O)N(c1ccccc1)[C@@H]1C[C@H](C)N(C(=O)c2ccc(C(F)(F)F)cc2)c2ccccc21. The lowest BCUT2D eigenvalue weighted by Gasteiger charge is -2.43. The molecule has 0 aromatic heterocycles. The van der Waals surface area contributed by atoms with Gasteiger partial charge < -0.3 is 9.80 Å². The molecule has 1 aliphatic heterocycles. The lowest BCUT2D eigenvalue weighted by Crippen LogP contribution is -2.47. The molecule has 2 amide bonds. The van der Waals surface area contributed by atoms with Crippen LogP contribution in [0, 0.1) is 0 Å². The van der Waals surface area contributed by atoms with Crippen LogP contribution in [-0.4, -0.2) is 17.9 Å². The van der Waals surface area contributed by atoms with E-state index in [-0.39, 0.29) is 29.5 Å². The number of hydrogen-bond donors (Lipinski definition) is 0. The Labute approximate surface area is 190 Å². The smallest absolute Gasteiger partial charge is 0.305 e. The van der Waals surface area contributed by atoms with Gasteiger partial charge in [0.15, 0.2) is 0 Å². The Hall–Kier alpha value is -3.61. The maximum absolute atomic E-state index is 13.4. The maximum atomic E-state index is 13.4. The first kappa shape index (κ1) is 22.6. The summed E-state index contributed by atoms with van der Waals surface area (Å²) in [6.07, 6.45) is -3.98. The minimum Gasteiger partial charge on any atom is -0.305 e. The van der Waals surface area contributed by atoms with Gasteiger partial charge in [0.05, 0.1) is 11.6 Å². The normalized spacial score (nSPS) is 17.9. The summed E-state index contributed by atoms with van der Waals surface area (Å²) in [6.45, 7) is 3.40. The molecule has 3 aromatic carbocycles. The molecular formula is C26H23F3N2O2. The number of rotatable bonds is 3. The van der Waals surface area contributed by atoms with Crippen molar-refractivity contribution in [2.45, 2.75) is 38.5 Å². The van der Waals surface area contributed by atoms with Gasteiger partial charge in [-0.15, -0.1) is 0 Å². The Kier molecular flexibility index (Phi) is 5.97. The van der Waals surface area contributed by atoms with Crippen molar-refractivity contribution >= 4 is 23.2 Å². The number of benzene rings is 3. The highest BCUT2D eigenvalue weighted by atomic mass is 19.4. The third kappa shape index (κ3) is 4.35. The van der Waals surface area contributed by atoms with E-state index in [0.29, 0.717) is 12.1 Å². The first-order chi connectivity index (χ1) is 15.7. The second-order valence-corrected chi connectivity index (χ2v) is 8.13. The van der Waals surface area contributed by atoms with Crippen LogP contribution in [0.1, 0.15) is 47.8 Å². The predicted octanol–water partition coefficient (Wildman–Crippen LogP) is 6.24. The van der Waals surface area contributed by atoms with E-state index in [0.717, 1.165) is 23.4 Å². The van der Waals surface area contributed by atoms with Crippen molar-refractivity contribution in [3.05, 3.63) is 95.6 Å². The highest BCUT2D eigenvalue weighted by molar-refractivity contribution is 6.07. The highest BCUT2D eigenvalue weighted by Gasteiger charge is 2.38. The molecule has 4 rings (SSSR count). The second-order valence-electron chi connectivity index (χ2n) is 8.13. The lowest BCUT2D eigenvalue weighted by atomic mass is 9.89. The number of hydrogen-bond acceptors (Lipinski definition) is 2. The van der Waals surface area contributed by atoms with Crippen LogP contribution < -0.4 is 9.80 Å². The fourth-order valence-electron chi connectivity index (χ4n) is 4.45. The summed E-state index contributed by atoms with van der Waals surface area (Å²) in [7, 11) is 0. The van der Waals surface area contributed by atoms with Gasteiger partial charge >= 0.3 is 6.18 Å². The summed E-state index contributed by atoms with van der Waals surface area (Å²) in [5.74, 6) is -0.494. The van der Waals surface area contributed by atoms with Crippen molar-refractivity contribution in [2.24, 2.45) is 0 Å². The Bertz CT molecular complexity index is 1160. The monoisotopic (exact) mass is 452 g/mol. The van der Waals surface area contributed by atoms with Gasteiger partial charge in [-0.2, -0.15) is 13.2 Å². The summed E-state index contributed by atoms with van der Waals surface area (Å²) >= 11 is 0. The highest BCUT2D eigenvalue weighted by Crippen LogP contribution is 2.42. The number of halogens is 3. The molecule has 0 fully saturated rings. The summed E-state index contributed by atoms with van der Waals surface area (Å²) in [5, 5.41) is 0. The predicted molar refractivity (Wildman–Crippen MR) is 121 cm³/mol. The fourth-order valence-corrected chi connectivity index (χ4v) is 4.45. The molecule has 0 aliphatic carbocycles. The minimum absolute atomic E-state index is 0.115. The van der Waals surface area contributed by atoms with E-state index in [1.807, 2.05) is 61.5 Å². The first-order valence-electron chi connectivity index (χ1n) is 10.6. The Morgan fingerprint density at radius 3 is 2.12 bits per heavy atom. The molecule has 7 heteroatoms. The van der Waals surface area contributed by atoms with Crippen molar-refractivity contribution in [1.29, 1.82) is 0 Å². The van der Waals surface area contributed by atoms with Gasteiger partial charge in [-0.05, 0) is 61.4 Å². The lowest BCUT2D eigenvalue weighted by molar-refractivity contribution is -0.137. The number of alkyl halides is 3. The van der Waals surface area contributed by atoms with E-state index in [9.17, 15) is 22.8 Å². The van der Waals surface area contributed by atoms with Crippen LogP contribution in [0.3, 0.4) is 0 Å². The fraction of sp³-hybridized carbons (Fsp3) is 0.231. The van der Waals surface area contributed by atoms with Gasteiger partial charge in [0, 0.05) is 29.9 Å². The zero-order chi connectivity index (χ0) is 23.8. The van der Waals surface area contributed by atoms with Crippen LogP contribution in [0.25, 0.3) is 0 Å². The number of anilines is 2. The molecule has 4 nitrogen and oxygen atoms in total. The zero-order valence-electron chi connectivity index (χ0n) is 18.2. The second kappa shape index (κ2) is 8.73. The van der Waals surface area contributed by atoms with Gasteiger partial charge in [0.2, 0.25) is 5.91 Å². The summed E-state index contributed by atoms with van der Waals surface area (Å²) < 4.78 is 38.8. The van der Waals surface area contributed by atoms with Crippen LogP contribution >= 0.6 is 0 Å². The third-order valence-corrected chi connectivity index (χ3v) is 5.92. The molecular weight excluding hydrogens is 429 g/mol. The number of carbonyl (C=O) groups excluding carboxylic acids is 2. The van der Waals surface area contributed by atoms with Gasteiger partial charge in [-0.3, -0.25) is 9.59 Å². The number of nitrogens with zero attached hydrogens (tertiary/aromatic N) is 2. The Morgan fingerprint density at radius 1 is 0.909 bits per heavy atom. The summed E-state index contributed by atoms with van der Waals surface area (Å²) in [6, 6.07) is 20.4. The van der Waals surface area contributed by atoms with Crippen LogP contribution in [0.15, 0.2) is 78.9 Å². The van der Waals surface area contributed by atoms with Crippen molar-refractivity contribution < 1.29 is 22.8 Å². The van der Waals surface area contributed by atoms with Crippen LogP contribution in [0.2, 0.25) is 0 Å². The molecule has 0 bridgehead atoms. The molecule has 0 saturated carbocycles. The van der Waals surface area contributed by atoms with Crippen molar-refractivity contribution in [3.8, 4) is 0 Å². The van der Waals surface area contributed by atoms with Crippen molar-refractivity contribution in [3.63, 3.8) is 0 Å². The van der Waals surface area contributed by atoms with Crippen molar-refractivity contribution in [1.82, 2.24) is 0 Å². The average molecular weight is 452 g/mol. The van der Waals surface area contributed by atoms with Gasteiger partial charge in [0.1, 0.15) is 0 Å². The number of amides is 2. The van der Waals surface area contributed by atoms with E-state index in [2.05, 4.69) is 0 Å². The number of para-hydroxylation sites is 2. The van der Waals surface area contributed by atoms with Gasteiger partial charge in [0.25, 0.3) is 5.91 Å². The average Bonchev–Trinajstić information content (AvgIpc) is 2.79. The molecule has 170 valence electrons. The molecule has 1 heterocycles. The van der Waals surface area contributed by atoms with E-state index in [4.69, 9.17) is 0 Å². The minimum atomic E-state index is -4.46. The number of carbonyl (C=O) groups is 2. The van der Waals surface area contributed by atoms with E-state index in [1.54, 1.807) is 9.80 Å². The largest absolute Gasteiger partial charge is 0.416 e. The molecule has 0 spiro atoms. The summed E-state index contributed by atoms with van der Waals surface area (Å²) in [4.78, 5) is 29.4. The van der Waals surface area contributed by atoms with Gasteiger partial charge in [-0.25, -0.2) is 0 Å². The third-order valence-electron chi connectivity index (χ3n) is 5.92. The van der Waals surface area contributed by atoms with Crippen LogP contribution in [0.4, 0.5) is 24.5 Å². The van der Waals surface area contributed by atoms with Crippen LogP contribution in [-0.2, 0) is 11.0 Å². The van der Waals surface area contributed by atoms with E-state index >= 15 is 0 Å². The molecule has 1 aliphatic rings. The van der Waals surface area contributed by atoms with Crippen molar-refractivity contribution in [2.75, 3.05) is 9.80 Å². The molecule has 33 heavy (non-hydrogen) atoms. The Morgan fingerprint density at radius 2 is 1.52 bits per heavy atom. The number of fused-ring (bicyclic) bond motifs is 1. The van der Waals surface area contributed by atoms with Crippen LogP contribution in [0.5, 0.6) is 0 Å². The van der Waals surface area contributed by atoms with E-state index < -0.39 is 11.7 Å². The maximum Gasteiger partial charge on any atom is 0.416 e.